The van der Waals surface area contributed by atoms with Gasteiger partial charge in [-0.05, 0) is 0 Å². The molecule has 0 aliphatic heterocycles. The Morgan fingerprint density at radius 1 is 0.529 bits per heavy atom. The van der Waals surface area contributed by atoms with E-state index in [1.165, 1.54) is 0 Å². The summed E-state index contributed by atoms with van der Waals surface area (Å²) in [7, 11) is 0. The van der Waals surface area contributed by atoms with Gasteiger partial charge in [0.15, 0.2) is 0 Å². The Morgan fingerprint density at radius 3 is 0.824 bits per heavy atom. The third-order valence-electron chi connectivity index (χ3n) is 0.360. The predicted molar refractivity (Wildman–Crippen MR) is 27.0 cm³/mol. The normalized spacial score (nSPS) is 24.2. The molecule has 0 aromatic rings. The molecule has 0 radical (unpaired) electrons. The molecule has 0 spiro atoms. The van der Waals surface area contributed by atoms with E-state index in [2.05, 4.69) is 0 Å². The van der Waals surface area contributed by atoms with Crippen molar-refractivity contribution in [2.24, 2.45) is 0 Å². The Labute approximate surface area is 104 Å². The van der Waals surface area contributed by atoms with Crippen molar-refractivity contribution >= 4 is 37.4 Å². The van der Waals surface area contributed by atoms with Crippen LogP contribution < -0.4 is 0 Å². The van der Waals surface area contributed by atoms with Crippen molar-refractivity contribution in [2.45, 2.75) is 0 Å². The van der Waals surface area contributed by atoms with Crippen LogP contribution >= 0.6 is 0 Å². The number of hydrogen-bond donors (Lipinski definition) is 0. The van der Waals surface area contributed by atoms with Gasteiger partial charge in [-0.25, -0.2) is 0 Å². The summed E-state index contributed by atoms with van der Waals surface area (Å²) in [5.74, 6) is 0. The van der Waals surface area contributed by atoms with Crippen LogP contribution in [0.1, 0.15) is 0 Å². The van der Waals surface area contributed by atoms with Crippen LogP contribution in [0.2, 0.25) is 0 Å². The Balaban J connectivity index is 5.28. The van der Waals surface area contributed by atoms with Crippen molar-refractivity contribution in [3.8, 4) is 0 Å². The Kier molecular flexibility index (Phi) is 3.78. The quantitative estimate of drug-likeness (QED) is 0.338. The molecule has 17 heavy (non-hydrogen) atoms. The third-order valence-corrected chi connectivity index (χ3v) is 16.2. The Bertz CT molecular complexity index is 292. The summed E-state index contributed by atoms with van der Waals surface area (Å²) in [6, 6.07) is 0. The fourth-order valence-electron chi connectivity index (χ4n) is 0.269. The second kappa shape index (κ2) is 3.34. The van der Waals surface area contributed by atoms with Crippen LogP contribution in [0.25, 0.3) is 0 Å². The van der Waals surface area contributed by atoms with Gasteiger partial charge in [0.25, 0.3) is 0 Å². The molecule has 0 saturated carbocycles. The fourth-order valence-corrected chi connectivity index (χ4v) is 14.6. The molecule has 2 nitrogen and oxygen atoms in total. The summed E-state index contributed by atoms with van der Waals surface area (Å²) in [6.07, 6.45) is 0. The summed E-state index contributed by atoms with van der Waals surface area (Å²) in [6.45, 7) is 0. The molecular formula is F12O2Te2Xe. The fraction of sp³-hybridized carbons (Fsp3) is 0. The van der Waals surface area contributed by atoms with Gasteiger partial charge < -0.3 is 0 Å². The molecule has 0 rings (SSSR count). The van der Waals surface area contributed by atoms with Crippen molar-refractivity contribution < 1.29 is 68.6 Å². The van der Waals surface area contributed by atoms with Gasteiger partial charge in [0.1, 0.15) is 0 Å². The van der Waals surface area contributed by atoms with Crippen molar-refractivity contribution in [2.75, 3.05) is 0 Å². The van der Waals surface area contributed by atoms with E-state index in [0.717, 1.165) is -3.16 Å². The van der Waals surface area contributed by atoms with Crippen molar-refractivity contribution in [1.82, 2.24) is 0 Å². The first-order valence-electron chi connectivity index (χ1n) is 2.43. The molecule has 0 aromatic carbocycles. The molecular weight excluding hydrogens is 646 g/mol. The van der Waals surface area contributed by atoms with Crippen LogP contribution in [0.4, 0.5) is 29.1 Å². The van der Waals surface area contributed by atoms with Crippen LogP contribution in [0.15, 0.2) is 0 Å². The van der Waals surface area contributed by atoms with Crippen LogP contribution in [-0.2, 0) is -3.16 Å². The van der Waals surface area contributed by atoms with E-state index in [9.17, 15) is 29.1 Å². The molecule has 0 atom stereocenters. The zero-order valence-corrected chi connectivity index (χ0v) is 13.2. The van der Waals surface area contributed by atoms with E-state index in [1.54, 1.807) is 0 Å². The third kappa shape index (κ3) is 14.5. The average molecular weight is 646 g/mol. The van der Waals surface area contributed by atoms with E-state index in [4.69, 9.17) is 0 Å². The maximum atomic E-state index is 11.8. The number of halogens is 12. The minimum atomic E-state index is -12.3. The molecule has 0 aliphatic carbocycles. The van der Waals surface area contributed by atoms with Gasteiger partial charge in [-0.2, -0.15) is 0 Å². The van der Waals surface area contributed by atoms with Gasteiger partial charge in [-0.15, -0.1) is 0 Å². The first-order valence-corrected chi connectivity index (χ1v) is 16.3. The first kappa shape index (κ1) is 19.2. The Hall–Kier alpha value is 2.23. The molecule has 0 saturated heterocycles. The van der Waals surface area contributed by atoms with Gasteiger partial charge in [-0.3, -0.25) is 0 Å². The zero-order valence-electron chi connectivity index (χ0n) is 6.52. The molecule has 0 fully saturated rings. The summed E-state index contributed by atoms with van der Waals surface area (Å²) in [5, 5.41) is 0. The van der Waals surface area contributed by atoms with Gasteiger partial charge in [-0.1, -0.05) is 0 Å². The van der Waals surface area contributed by atoms with Gasteiger partial charge >= 0.3 is 106 Å². The summed E-state index contributed by atoms with van der Waals surface area (Å²) >= 11 is -33.8. The maximum absolute atomic E-state index is 12.3. The summed E-state index contributed by atoms with van der Waals surface area (Å²) < 4.78 is 138. The van der Waals surface area contributed by atoms with E-state index in [-0.39, 0.29) is 0 Å². The molecule has 0 heterocycles. The van der Waals surface area contributed by atoms with Gasteiger partial charge in [0.05, 0.1) is 0 Å². The Morgan fingerprint density at radius 2 is 0.706 bits per heavy atom. The van der Waals surface area contributed by atoms with Crippen LogP contribution in [-0.4, -0.2) is 37.4 Å². The van der Waals surface area contributed by atoms with E-state index in [0.29, 0.717) is 0 Å². The molecule has 116 valence electrons. The number of hydrogen-bond acceptors (Lipinski definition) is 2. The van der Waals surface area contributed by atoms with E-state index in [1.807, 2.05) is 0 Å². The molecule has 17 heteroatoms. The molecule has 0 N–H and O–H groups in total. The second-order valence-electron chi connectivity index (χ2n) is 2.24. The van der Waals surface area contributed by atoms with Crippen LogP contribution in [0.5, 0.6) is 0 Å². The van der Waals surface area contributed by atoms with E-state index < -0.39 is 80.0 Å². The average Bonchev–Trinajstić information content (AvgIpc) is 1.29. The van der Waals surface area contributed by atoms with Gasteiger partial charge in [0, 0.05) is 0 Å². The van der Waals surface area contributed by atoms with Crippen molar-refractivity contribution in [3.05, 3.63) is 0 Å². The molecule has 0 unspecified atom stereocenters. The van der Waals surface area contributed by atoms with Crippen molar-refractivity contribution in [1.29, 1.82) is 0 Å². The number of rotatable bonds is 4. The monoisotopic (exact) mass is 652 g/mol. The SMILES string of the molecule is F[Xe](F)(O[Te](F)(F)(F)(F)F)O[Te](F)(F)(F)(F)F. The summed E-state index contributed by atoms with van der Waals surface area (Å²) in [4.78, 5) is 0. The van der Waals surface area contributed by atoms with Crippen LogP contribution in [0.3, 0.4) is 0 Å². The van der Waals surface area contributed by atoms with E-state index >= 15 is 0 Å². The first-order chi connectivity index (χ1) is 6.37. The predicted octanol–water partition coefficient (Wildman–Crippen LogP) is 4.14. The van der Waals surface area contributed by atoms with Crippen molar-refractivity contribution in [3.63, 3.8) is 0 Å². The summed E-state index contributed by atoms with van der Waals surface area (Å²) in [5.41, 5.74) is 0. The standard InChI is InChI=1S/F12O2Te2Xe/c1-15(2,3,4,5)13-17(11,12)14-16(6,7,8,9)10. The minimum absolute atomic E-state index is 0.824. The topological polar surface area (TPSA) is 18.5 Å². The zero-order chi connectivity index (χ0) is 14.7. The molecule has 0 aliphatic rings. The molecule has 0 bridgehead atoms. The van der Waals surface area contributed by atoms with Crippen LogP contribution in [0, 0.1) is 42.7 Å². The second-order valence-corrected chi connectivity index (χ2v) is 19.6. The molecule has 0 aromatic heterocycles. The molecule has 0 amide bonds. The van der Waals surface area contributed by atoms with Gasteiger partial charge in [0.2, 0.25) is 0 Å².